The van der Waals surface area contributed by atoms with Crippen molar-refractivity contribution in [1.82, 2.24) is 19.8 Å². The number of hydrogen-bond acceptors (Lipinski definition) is 4. The van der Waals surface area contributed by atoms with Crippen LogP contribution in [0.5, 0.6) is 0 Å². The molecule has 2 aromatic rings. The second kappa shape index (κ2) is 6.32. The van der Waals surface area contributed by atoms with Gasteiger partial charge in [0.1, 0.15) is 0 Å². The lowest BCUT2D eigenvalue weighted by molar-refractivity contribution is -0.0428. The Bertz CT molecular complexity index is 733. The maximum absolute atomic E-state index is 12.8. The van der Waals surface area contributed by atoms with Gasteiger partial charge in [0.2, 0.25) is 0 Å². The van der Waals surface area contributed by atoms with Gasteiger partial charge in [-0.05, 0) is 43.0 Å². The van der Waals surface area contributed by atoms with E-state index in [1.54, 1.807) is 12.4 Å². The number of piperidine rings is 1. The summed E-state index contributed by atoms with van der Waals surface area (Å²) < 4.78 is 0. The molecule has 0 aromatic carbocycles. The highest BCUT2D eigenvalue weighted by Gasteiger charge is 2.43. The fraction of sp³-hybridized carbons (Fsp3) is 0.421. The van der Waals surface area contributed by atoms with Crippen molar-refractivity contribution in [2.75, 3.05) is 19.6 Å². The van der Waals surface area contributed by atoms with Crippen LogP contribution in [0.2, 0.25) is 0 Å². The highest BCUT2D eigenvalue weighted by atomic mass is 16.2. The average Bonchev–Trinajstić information content (AvgIpc) is 2.60. The lowest BCUT2D eigenvalue weighted by Crippen LogP contribution is -2.64. The van der Waals surface area contributed by atoms with E-state index < -0.39 is 0 Å². The van der Waals surface area contributed by atoms with Crippen LogP contribution in [-0.2, 0) is 6.54 Å². The lowest BCUT2D eigenvalue weighted by Gasteiger charge is -2.53. The molecule has 0 radical (unpaired) electrons. The molecule has 24 heavy (non-hydrogen) atoms. The summed E-state index contributed by atoms with van der Waals surface area (Å²) in [7, 11) is 0. The van der Waals surface area contributed by atoms with E-state index in [1.165, 1.54) is 5.56 Å². The van der Waals surface area contributed by atoms with E-state index in [0.717, 1.165) is 49.8 Å². The largest absolute Gasteiger partial charge is 0.337 e. The molecule has 4 heterocycles. The summed E-state index contributed by atoms with van der Waals surface area (Å²) in [5.74, 6) is 0.858. The second-order valence-corrected chi connectivity index (χ2v) is 6.84. The number of carbonyl (C=O) groups excluding carboxylic acids is 1. The number of amides is 1. The van der Waals surface area contributed by atoms with Crippen LogP contribution in [0.1, 0.15) is 28.0 Å². The first-order valence-corrected chi connectivity index (χ1v) is 8.55. The van der Waals surface area contributed by atoms with Gasteiger partial charge < -0.3 is 4.90 Å². The SMILES string of the molecule is Cc1cc(C(=O)N2CC[C@@H]3CN(Cc4cccnc4)[C@@H]3C2)ccn1. The van der Waals surface area contributed by atoms with Gasteiger partial charge in [-0.25, -0.2) is 0 Å². The first-order chi connectivity index (χ1) is 11.7. The number of aromatic nitrogens is 2. The van der Waals surface area contributed by atoms with Gasteiger partial charge in [-0.3, -0.25) is 19.7 Å². The molecular formula is C19H22N4O. The van der Waals surface area contributed by atoms with Gasteiger partial charge in [-0.2, -0.15) is 0 Å². The van der Waals surface area contributed by atoms with E-state index >= 15 is 0 Å². The molecule has 0 saturated carbocycles. The Kier molecular flexibility index (Phi) is 4.02. The van der Waals surface area contributed by atoms with Gasteiger partial charge in [0.15, 0.2) is 0 Å². The molecule has 0 N–H and O–H groups in total. The first-order valence-electron chi connectivity index (χ1n) is 8.55. The Hall–Kier alpha value is -2.27. The van der Waals surface area contributed by atoms with Gasteiger partial charge >= 0.3 is 0 Å². The zero-order valence-electron chi connectivity index (χ0n) is 13.9. The smallest absolute Gasteiger partial charge is 0.254 e. The average molecular weight is 322 g/mol. The van der Waals surface area contributed by atoms with E-state index in [4.69, 9.17) is 0 Å². The fourth-order valence-electron chi connectivity index (χ4n) is 3.86. The minimum Gasteiger partial charge on any atom is -0.337 e. The monoisotopic (exact) mass is 322 g/mol. The molecule has 2 saturated heterocycles. The van der Waals surface area contributed by atoms with E-state index in [1.807, 2.05) is 36.2 Å². The fourth-order valence-corrected chi connectivity index (χ4v) is 3.86. The number of pyridine rings is 2. The Morgan fingerprint density at radius 3 is 3.00 bits per heavy atom. The van der Waals surface area contributed by atoms with E-state index in [-0.39, 0.29) is 5.91 Å². The summed E-state index contributed by atoms with van der Waals surface area (Å²) in [5, 5.41) is 0. The topological polar surface area (TPSA) is 49.3 Å². The molecule has 0 spiro atoms. The van der Waals surface area contributed by atoms with Crippen LogP contribution in [0.25, 0.3) is 0 Å². The Labute approximate surface area is 142 Å². The van der Waals surface area contributed by atoms with E-state index in [0.29, 0.717) is 6.04 Å². The molecule has 2 aliphatic rings. The van der Waals surface area contributed by atoms with E-state index in [9.17, 15) is 4.79 Å². The predicted octanol–water partition coefficient (Wildman–Crippen LogP) is 2.13. The Balaban J connectivity index is 1.42. The van der Waals surface area contributed by atoms with Crippen molar-refractivity contribution >= 4 is 5.91 Å². The standard InChI is InChI=1S/C19H22N4O/c1-14-9-16(4-7-21-14)19(24)22-8-5-17-12-23(18(17)13-22)11-15-3-2-6-20-10-15/h2-4,6-7,9-10,17-18H,5,8,11-13H2,1H3/t17-,18-/m1/s1. The minimum atomic E-state index is 0.132. The number of carbonyl (C=O) groups is 1. The number of aryl methyl sites for hydroxylation is 1. The third-order valence-corrected chi connectivity index (χ3v) is 5.20. The van der Waals surface area contributed by atoms with Crippen LogP contribution >= 0.6 is 0 Å². The molecule has 4 rings (SSSR count). The molecule has 124 valence electrons. The quantitative estimate of drug-likeness (QED) is 0.869. The normalized spacial score (nSPS) is 23.5. The van der Waals surface area contributed by atoms with Crippen LogP contribution in [0.3, 0.4) is 0 Å². The molecule has 5 nitrogen and oxygen atoms in total. The lowest BCUT2D eigenvalue weighted by atomic mass is 9.82. The molecule has 2 atom stereocenters. The highest BCUT2D eigenvalue weighted by molar-refractivity contribution is 5.94. The van der Waals surface area contributed by atoms with Gasteiger partial charge in [-0.15, -0.1) is 0 Å². The summed E-state index contributed by atoms with van der Waals surface area (Å²) in [4.78, 5) is 25.6. The van der Waals surface area contributed by atoms with Crippen LogP contribution < -0.4 is 0 Å². The van der Waals surface area contributed by atoms with Crippen molar-refractivity contribution in [3.63, 3.8) is 0 Å². The number of fused-ring (bicyclic) bond motifs is 1. The van der Waals surface area contributed by atoms with Crippen LogP contribution in [-0.4, -0.2) is 51.4 Å². The van der Waals surface area contributed by atoms with Gasteiger partial charge in [0.25, 0.3) is 5.91 Å². The molecule has 5 heteroatoms. The zero-order chi connectivity index (χ0) is 16.5. The third kappa shape index (κ3) is 2.91. The van der Waals surface area contributed by atoms with Gasteiger partial charge in [-0.1, -0.05) is 6.07 Å². The minimum absolute atomic E-state index is 0.132. The first kappa shape index (κ1) is 15.3. The molecular weight excluding hydrogens is 300 g/mol. The van der Waals surface area contributed by atoms with Crippen molar-refractivity contribution < 1.29 is 4.79 Å². The molecule has 2 aliphatic heterocycles. The predicted molar refractivity (Wildman–Crippen MR) is 91.4 cm³/mol. The number of nitrogens with zero attached hydrogens (tertiary/aromatic N) is 4. The summed E-state index contributed by atoms with van der Waals surface area (Å²) >= 11 is 0. The van der Waals surface area contributed by atoms with Crippen molar-refractivity contribution in [2.45, 2.75) is 25.9 Å². The van der Waals surface area contributed by atoms with Crippen molar-refractivity contribution in [2.24, 2.45) is 5.92 Å². The van der Waals surface area contributed by atoms with Crippen LogP contribution in [0.4, 0.5) is 0 Å². The summed E-state index contributed by atoms with van der Waals surface area (Å²) in [6.07, 6.45) is 6.55. The Morgan fingerprint density at radius 2 is 2.21 bits per heavy atom. The molecule has 0 bridgehead atoms. The third-order valence-electron chi connectivity index (χ3n) is 5.20. The van der Waals surface area contributed by atoms with Gasteiger partial charge in [0.05, 0.1) is 0 Å². The molecule has 2 fully saturated rings. The zero-order valence-corrected chi connectivity index (χ0v) is 13.9. The molecule has 1 amide bonds. The van der Waals surface area contributed by atoms with Crippen molar-refractivity contribution in [3.8, 4) is 0 Å². The van der Waals surface area contributed by atoms with Crippen molar-refractivity contribution in [3.05, 3.63) is 59.7 Å². The molecule has 2 aromatic heterocycles. The summed E-state index contributed by atoms with van der Waals surface area (Å²) in [6, 6.07) is 8.27. The number of likely N-dealkylation sites (tertiary alicyclic amines) is 2. The molecule has 0 aliphatic carbocycles. The number of hydrogen-bond donors (Lipinski definition) is 0. The summed E-state index contributed by atoms with van der Waals surface area (Å²) in [6.45, 7) is 5.67. The maximum atomic E-state index is 12.8. The second-order valence-electron chi connectivity index (χ2n) is 6.84. The number of rotatable bonds is 3. The Morgan fingerprint density at radius 1 is 1.29 bits per heavy atom. The van der Waals surface area contributed by atoms with E-state index in [2.05, 4.69) is 20.9 Å². The summed E-state index contributed by atoms with van der Waals surface area (Å²) in [5.41, 5.74) is 2.88. The van der Waals surface area contributed by atoms with Crippen LogP contribution in [0, 0.1) is 12.8 Å². The highest BCUT2D eigenvalue weighted by Crippen LogP contribution is 2.34. The maximum Gasteiger partial charge on any atom is 0.254 e. The van der Waals surface area contributed by atoms with Crippen molar-refractivity contribution in [1.29, 1.82) is 0 Å². The van der Waals surface area contributed by atoms with Crippen LogP contribution in [0.15, 0.2) is 42.9 Å². The molecule has 0 unspecified atom stereocenters. The van der Waals surface area contributed by atoms with Gasteiger partial charge in [0, 0.05) is 62.1 Å².